The fourth-order valence-corrected chi connectivity index (χ4v) is 7.39. The van der Waals surface area contributed by atoms with Gasteiger partial charge < -0.3 is 8.83 Å². The number of aromatic nitrogens is 3. The average Bonchev–Trinajstić information content (AvgIpc) is 3.81. The second-order valence-electron chi connectivity index (χ2n) is 11.2. The maximum atomic E-state index is 6.69. The molecule has 0 saturated heterocycles. The molecular formula is C39H21N3O2S. The molecule has 4 aromatic heterocycles. The monoisotopic (exact) mass is 595 g/mol. The van der Waals surface area contributed by atoms with Crippen LogP contribution in [-0.2, 0) is 0 Å². The normalized spacial score (nSPS) is 12.0. The van der Waals surface area contributed by atoms with Crippen molar-refractivity contribution in [1.82, 2.24) is 15.0 Å². The third-order valence-electron chi connectivity index (χ3n) is 8.53. The second-order valence-corrected chi connectivity index (χ2v) is 12.2. The average molecular weight is 596 g/mol. The number of hydrogen-bond donors (Lipinski definition) is 0. The number of hydrogen-bond acceptors (Lipinski definition) is 6. The van der Waals surface area contributed by atoms with Gasteiger partial charge in [-0.3, -0.25) is 0 Å². The van der Waals surface area contributed by atoms with Crippen molar-refractivity contribution < 1.29 is 8.83 Å². The summed E-state index contributed by atoms with van der Waals surface area (Å²) >= 11 is 1.68. The van der Waals surface area contributed by atoms with E-state index in [0.717, 1.165) is 82.0 Å². The summed E-state index contributed by atoms with van der Waals surface area (Å²) in [6, 6.07) is 43.4. The molecule has 210 valence electrons. The predicted molar refractivity (Wildman–Crippen MR) is 184 cm³/mol. The van der Waals surface area contributed by atoms with Crippen molar-refractivity contribution in [1.29, 1.82) is 0 Å². The van der Waals surface area contributed by atoms with Gasteiger partial charge in [0.1, 0.15) is 15.9 Å². The fourth-order valence-electron chi connectivity index (χ4n) is 6.37. The Morgan fingerprint density at radius 1 is 0.467 bits per heavy atom. The first kappa shape index (κ1) is 24.6. The SMILES string of the molecule is c1ccc(-c2nc3c(ccc4c5ccc6ccc(-c7nc8c(nc7-c7ccccc7)sc7ccccc78)cc6c5oc43)o2)cc1. The van der Waals surface area contributed by atoms with Crippen LogP contribution < -0.4 is 0 Å². The highest BCUT2D eigenvalue weighted by Crippen LogP contribution is 2.41. The van der Waals surface area contributed by atoms with Crippen molar-refractivity contribution in [3.63, 3.8) is 0 Å². The third kappa shape index (κ3) is 3.70. The molecular weight excluding hydrogens is 575 g/mol. The zero-order chi connectivity index (χ0) is 29.5. The first-order chi connectivity index (χ1) is 22.3. The van der Waals surface area contributed by atoms with Crippen molar-refractivity contribution >= 4 is 75.6 Å². The highest BCUT2D eigenvalue weighted by atomic mass is 32.1. The van der Waals surface area contributed by atoms with E-state index in [4.69, 9.17) is 23.8 Å². The first-order valence-corrected chi connectivity index (χ1v) is 15.6. The van der Waals surface area contributed by atoms with Crippen molar-refractivity contribution in [2.24, 2.45) is 0 Å². The lowest BCUT2D eigenvalue weighted by molar-refractivity contribution is 0.620. The van der Waals surface area contributed by atoms with Gasteiger partial charge in [0, 0.05) is 42.9 Å². The summed E-state index contributed by atoms with van der Waals surface area (Å²) in [5.74, 6) is 0.578. The van der Waals surface area contributed by atoms with Gasteiger partial charge in [0.05, 0.1) is 11.4 Å². The summed E-state index contributed by atoms with van der Waals surface area (Å²) in [5.41, 5.74) is 8.54. The summed E-state index contributed by atoms with van der Waals surface area (Å²) in [6.45, 7) is 0. The Balaban J connectivity index is 1.23. The van der Waals surface area contributed by atoms with E-state index in [0.29, 0.717) is 11.5 Å². The highest BCUT2D eigenvalue weighted by molar-refractivity contribution is 7.25. The molecule has 4 heterocycles. The molecule has 0 atom stereocenters. The molecule has 0 N–H and O–H groups in total. The van der Waals surface area contributed by atoms with Gasteiger partial charge >= 0.3 is 0 Å². The molecule has 45 heavy (non-hydrogen) atoms. The topological polar surface area (TPSA) is 65.0 Å². The van der Waals surface area contributed by atoms with E-state index < -0.39 is 0 Å². The molecule has 6 aromatic carbocycles. The van der Waals surface area contributed by atoms with Crippen LogP contribution in [0.5, 0.6) is 0 Å². The number of rotatable bonds is 3. The number of oxazole rings is 1. The molecule has 0 aliphatic rings. The van der Waals surface area contributed by atoms with Gasteiger partial charge in [-0.15, -0.1) is 11.3 Å². The van der Waals surface area contributed by atoms with E-state index in [1.54, 1.807) is 11.3 Å². The molecule has 0 bridgehead atoms. The molecule has 10 aromatic rings. The van der Waals surface area contributed by atoms with Gasteiger partial charge in [-0.1, -0.05) is 84.9 Å². The minimum absolute atomic E-state index is 0.578. The summed E-state index contributed by atoms with van der Waals surface area (Å²) in [4.78, 5) is 16.3. The smallest absolute Gasteiger partial charge is 0.227 e. The predicted octanol–water partition coefficient (Wildman–Crippen LogP) is 11.0. The van der Waals surface area contributed by atoms with Crippen LogP contribution in [-0.4, -0.2) is 15.0 Å². The molecule has 10 rings (SSSR count). The van der Waals surface area contributed by atoms with Crippen LogP contribution in [0, 0.1) is 0 Å². The molecule has 0 saturated carbocycles. The number of thiophene rings is 1. The maximum Gasteiger partial charge on any atom is 0.227 e. The van der Waals surface area contributed by atoms with E-state index in [2.05, 4.69) is 72.8 Å². The lowest BCUT2D eigenvalue weighted by Crippen LogP contribution is -1.94. The summed E-state index contributed by atoms with van der Waals surface area (Å²) in [6.07, 6.45) is 0. The molecule has 0 spiro atoms. The number of fused-ring (bicyclic) bond motifs is 10. The zero-order valence-corrected chi connectivity index (χ0v) is 24.5. The third-order valence-corrected chi connectivity index (χ3v) is 9.59. The molecule has 0 amide bonds. The standard InChI is InChI=1S/C39H21N3O2S/c1-3-9-23(10-4-1)32-33(40-34-28-13-7-8-14-31(28)45-39(34)42-32)25-16-15-22-17-18-26-27-19-20-30-35(37(27)44-36(26)29(22)21-25)41-38(43-30)24-11-5-2-6-12-24/h1-21H. The van der Waals surface area contributed by atoms with Gasteiger partial charge in [0.15, 0.2) is 16.7 Å². The molecule has 0 unspecified atom stereocenters. The fraction of sp³-hybridized carbons (Fsp3) is 0. The van der Waals surface area contributed by atoms with Crippen LogP contribution in [0.4, 0.5) is 0 Å². The minimum atomic E-state index is 0.578. The van der Waals surface area contributed by atoms with Gasteiger partial charge in [-0.2, -0.15) is 0 Å². The van der Waals surface area contributed by atoms with Crippen LogP contribution in [0.25, 0.3) is 98.2 Å². The van der Waals surface area contributed by atoms with E-state index >= 15 is 0 Å². The molecule has 5 nitrogen and oxygen atoms in total. The summed E-state index contributed by atoms with van der Waals surface area (Å²) in [5, 5.41) is 5.26. The highest BCUT2D eigenvalue weighted by Gasteiger charge is 2.20. The number of furan rings is 1. The van der Waals surface area contributed by atoms with Crippen molar-refractivity contribution in [2.45, 2.75) is 0 Å². The summed E-state index contributed by atoms with van der Waals surface area (Å²) < 4.78 is 14.0. The molecule has 0 fully saturated rings. The van der Waals surface area contributed by atoms with Crippen LogP contribution in [0.3, 0.4) is 0 Å². The second kappa shape index (κ2) is 9.32. The number of benzene rings is 6. The van der Waals surface area contributed by atoms with Gasteiger partial charge in [0.25, 0.3) is 0 Å². The zero-order valence-electron chi connectivity index (χ0n) is 23.7. The van der Waals surface area contributed by atoms with Crippen LogP contribution in [0.2, 0.25) is 0 Å². The Hall–Kier alpha value is -5.85. The van der Waals surface area contributed by atoms with Crippen molar-refractivity contribution in [3.05, 3.63) is 127 Å². The van der Waals surface area contributed by atoms with E-state index in [1.165, 1.54) is 4.70 Å². The molecule has 6 heteroatoms. The minimum Gasteiger partial charge on any atom is -0.453 e. The van der Waals surface area contributed by atoms with E-state index in [1.807, 2.05) is 54.6 Å². The Morgan fingerprint density at radius 2 is 1.18 bits per heavy atom. The molecule has 0 aliphatic heterocycles. The Morgan fingerprint density at radius 3 is 2.04 bits per heavy atom. The number of nitrogens with zero attached hydrogens (tertiary/aromatic N) is 3. The van der Waals surface area contributed by atoms with Crippen molar-refractivity contribution in [2.75, 3.05) is 0 Å². The Kier molecular flexibility index (Phi) is 5.09. The van der Waals surface area contributed by atoms with Crippen molar-refractivity contribution in [3.8, 4) is 34.0 Å². The van der Waals surface area contributed by atoms with Crippen LogP contribution in [0.1, 0.15) is 0 Å². The Labute approximate surface area is 260 Å². The van der Waals surface area contributed by atoms with E-state index in [-0.39, 0.29) is 0 Å². The Bertz CT molecular complexity index is 2760. The molecule has 0 radical (unpaired) electrons. The first-order valence-electron chi connectivity index (χ1n) is 14.8. The van der Waals surface area contributed by atoms with Crippen LogP contribution >= 0.6 is 11.3 Å². The largest absolute Gasteiger partial charge is 0.453 e. The van der Waals surface area contributed by atoms with E-state index in [9.17, 15) is 0 Å². The van der Waals surface area contributed by atoms with Crippen LogP contribution in [0.15, 0.2) is 136 Å². The maximum absolute atomic E-state index is 6.69. The van der Waals surface area contributed by atoms with Gasteiger partial charge in [-0.05, 0) is 47.9 Å². The molecule has 0 aliphatic carbocycles. The van der Waals surface area contributed by atoms with Gasteiger partial charge in [-0.25, -0.2) is 15.0 Å². The lowest BCUT2D eigenvalue weighted by Gasteiger charge is -2.10. The lowest BCUT2D eigenvalue weighted by atomic mass is 9.99. The van der Waals surface area contributed by atoms with Gasteiger partial charge in [0.2, 0.25) is 5.89 Å². The quantitative estimate of drug-likeness (QED) is 0.203. The summed E-state index contributed by atoms with van der Waals surface area (Å²) in [7, 11) is 0.